The van der Waals surface area contributed by atoms with Gasteiger partial charge in [-0.1, -0.05) is 12.2 Å². The average molecular weight is 212 g/mol. The predicted octanol–water partition coefficient (Wildman–Crippen LogP) is 1.06. The van der Waals surface area contributed by atoms with E-state index in [0.29, 0.717) is 4.99 Å². The number of hydrogen-bond acceptors (Lipinski definition) is 2. The Balaban J connectivity index is 2.05. The molecule has 2 N–H and O–H groups in total. The lowest BCUT2D eigenvalue weighted by Crippen LogP contribution is -2.50. The van der Waals surface area contributed by atoms with E-state index in [-0.39, 0.29) is 17.9 Å². The first kappa shape index (κ1) is 9.90. The van der Waals surface area contributed by atoms with Crippen LogP contribution in [0.25, 0.3) is 0 Å². The smallest absolute Gasteiger partial charge is 0.226 e. The van der Waals surface area contributed by atoms with Crippen LogP contribution < -0.4 is 5.73 Å². The summed E-state index contributed by atoms with van der Waals surface area (Å²) in [5.41, 5.74) is 5.65. The lowest BCUT2D eigenvalue weighted by atomic mass is 10.0. The summed E-state index contributed by atoms with van der Waals surface area (Å²) in [6, 6.07) is 0.0341. The number of piperidine rings is 1. The van der Waals surface area contributed by atoms with Gasteiger partial charge in [-0.15, -0.1) is 0 Å². The van der Waals surface area contributed by atoms with Crippen LogP contribution in [0.1, 0.15) is 32.1 Å². The molecule has 1 saturated carbocycles. The van der Waals surface area contributed by atoms with E-state index in [1.54, 1.807) is 0 Å². The Kier molecular flexibility index (Phi) is 2.72. The van der Waals surface area contributed by atoms with Gasteiger partial charge in [-0.05, 0) is 32.1 Å². The van der Waals surface area contributed by atoms with Crippen molar-refractivity contribution in [3.05, 3.63) is 0 Å². The first-order valence-corrected chi connectivity index (χ1v) is 5.71. The lowest BCUT2D eigenvalue weighted by Gasteiger charge is -2.35. The molecule has 0 aromatic rings. The molecule has 2 aliphatic rings. The molecule has 1 aliphatic carbocycles. The highest BCUT2D eigenvalue weighted by molar-refractivity contribution is 7.80. The van der Waals surface area contributed by atoms with Crippen molar-refractivity contribution in [1.29, 1.82) is 0 Å². The van der Waals surface area contributed by atoms with Crippen LogP contribution in [0.3, 0.4) is 0 Å². The maximum absolute atomic E-state index is 11.9. The minimum absolute atomic E-state index is 0.0341. The molecule has 1 unspecified atom stereocenters. The van der Waals surface area contributed by atoms with E-state index in [4.69, 9.17) is 18.0 Å². The van der Waals surface area contributed by atoms with Crippen molar-refractivity contribution in [2.45, 2.75) is 38.1 Å². The maximum Gasteiger partial charge on any atom is 0.226 e. The van der Waals surface area contributed by atoms with Gasteiger partial charge in [0.2, 0.25) is 5.91 Å². The summed E-state index contributed by atoms with van der Waals surface area (Å²) in [7, 11) is 0. The predicted molar refractivity (Wildman–Crippen MR) is 58.9 cm³/mol. The Morgan fingerprint density at radius 2 is 2.00 bits per heavy atom. The fourth-order valence-electron chi connectivity index (χ4n) is 2.06. The summed E-state index contributed by atoms with van der Waals surface area (Å²) < 4.78 is 0. The highest BCUT2D eigenvalue weighted by Crippen LogP contribution is 2.33. The number of nitrogens with two attached hydrogens (primary N) is 1. The SMILES string of the molecule is NC(=S)C1CCCCN1C(=O)C1CC1. The molecule has 1 atom stereocenters. The molecule has 0 aromatic heterocycles. The molecule has 14 heavy (non-hydrogen) atoms. The van der Waals surface area contributed by atoms with Crippen molar-refractivity contribution < 1.29 is 4.79 Å². The van der Waals surface area contributed by atoms with Crippen molar-refractivity contribution in [3.63, 3.8) is 0 Å². The topological polar surface area (TPSA) is 46.3 Å². The monoisotopic (exact) mass is 212 g/mol. The van der Waals surface area contributed by atoms with E-state index in [0.717, 1.165) is 38.6 Å². The Bertz CT molecular complexity index is 263. The lowest BCUT2D eigenvalue weighted by molar-refractivity contribution is -0.134. The van der Waals surface area contributed by atoms with Crippen LogP contribution in [-0.2, 0) is 4.79 Å². The van der Waals surface area contributed by atoms with Gasteiger partial charge in [0.1, 0.15) is 0 Å². The van der Waals surface area contributed by atoms with Crippen LogP contribution >= 0.6 is 12.2 Å². The number of amides is 1. The van der Waals surface area contributed by atoms with Crippen molar-refractivity contribution >= 4 is 23.1 Å². The summed E-state index contributed by atoms with van der Waals surface area (Å²) in [6.45, 7) is 0.845. The highest BCUT2D eigenvalue weighted by Gasteiger charge is 2.37. The first-order valence-electron chi connectivity index (χ1n) is 5.30. The summed E-state index contributed by atoms with van der Waals surface area (Å²) in [5.74, 6) is 0.562. The Morgan fingerprint density at radius 1 is 1.29 bits per heavy atom. The molecule has 1 aliphatic heterocycles. The van der Waals surface area contributed by atoms with Crippen molar-refractivity contribution in [2.24, 2.45) is 11.7 Å². The third-order valence-corrected chi connectivity index (χ3v) is 3.31. The third kappa shape index (κ3) is 1.90. The van der Waals surface area contributed by atoms with E-state index >= 15 is 0 Å². The second-order valence-electron chi connectivity index (χ2n) is 4.22. The van der Waals surface area contributed by atoms with Gasteiger partial charge in [0.05, 0.1) is 11.0 Å². The van der Waals surface area contributed by atoms with Gasteiger partial charge in [0.25, 0.3) is 0 Å². The van der Waals surface area contributed by atoms with Gasteiger partial charge in [0, 0.05) is 12.5 Å². The Morgan fingerprint density at radius 3 is 2.57 bits per heavy atom. The van der Waals surface area contributed by atoms with E-state index in [9.17, 15) is 4.79 Å². The summed E-state index contributed by atoms with van der Waals surface area (Å²) >= 11 is 5.00. The molecule has 0 radical (unpaired) electrons. The number of carbonyl (C=O) groups excluding carboxylic acids is 1. The molecule has 3 nitrogen and oxygen atoms in total. The van der Waals surface area contributed by atoms with Crippen molar-refractivity contribution in [2.75, 3.05) is 6.54 Å². The molecular formula is C10H16N2OS. The molecule has 2 rings (SSSR count). The second kappa shape index (κ2) is 3.85. The molecule has 0 aromatic carbocycles. The minimum atomic E-state index is 0.0341. The van der Waals surface area contributed by atoms with Crippen LogP contribution in [0.15, 0.2) is 0 Å². The molecule has 0 bridgehead atoms. The molecule has 0 spiro atoms. The van der Waals surface area contributed by atoms with Gasteiger partial charge in [-0.3, -0.25) is 4.79 Å². The van der Waals surface area contributed by atoms with Gasteiger partial charge < -0.3 is 10.6 Å². The quantitative estimate of drug-likeness (QED) is 0.696. The van der Waals surface area contributed by atoms with Crippen LogP contribution in [0, 0.1) is 5.92 Å². The maximum atomic E-state index is 11.9. The molecule has 1 heterocycles. The molecule has 1 amide bonds. The average Bonchev–Trinajstić information content (AvgIpc) is 3.00. The molecule has 2 fully saturated rings. The van der Waals surface area contributed by atoms with Crippen LogP contribution in [0.2, 0.25) is 0 Å². The third-order valence-electron chi connectivity index (χ3n) is 3.04. The van der Waals surface area contributed by atoms with Crippen molar-refractivity contribution in [3.8, 4) is 0 Å². The standard InChI is InChI=1S/C10H16N2OS/c11-9(14)8-3-1-2-6-12(8)10(13)7-4-5-7/h7-8H,1-6H2,(H2,11,14). The molecular weight excluding hydrogens is 196 g/mol. The van der Waals surface area contributed by atoms with Crippen LogP contribution in [-0.4, -0.2) is 28.4 Å². The highest BCUT2D eigenvalue weighted by atomic mass is 32.1. The zero-order valence-corrected chi connectivity index (χ0v) is 9.05. The number of thiocarbonyl (C=S) groups is 1. The first-order chi connectivity index (χ1) is 6.70. The van der Waals surface area contributed by atoms with E-state index in [1.165, 1.54) is 0 Å². The fourth-order valence-corrected chi connectivity index (χ4v) is 2.30. The van der Waals surface area contributed by atoms with Gasteiger partial charge in [0.15, 0.2) is 0 Å². The normalized spacial score (nSPS) is 27.4. The van der Waals surface area contributed by atoms with Gasteiger partial charge in [-0.2, -0.15) is 0 Å². The molecule has 4 heteroatoms. The zero-order valence-electron chi connectivity index (χ0n) is 8.24. The summed E-state index contributed by atoms with van der Waals surface area (Å²) in [4.78, 5) is 14.3. The van der Waals surface area contributed by atoms with E-state index in [2.05, 4.69) is 0 Å². The van der Waals surface area contributed by atoms with E-state index in [1.807, 2.05) is 4.90 Å². The van der Waals surface area contributed by atoms with Gasteiger partial charge >= 0.3 is 0 Å². The largest absolute Gasteiger partial charge is 0.392 e. The number of rotatable bonds is 2. The number of nitrogens with zero attached hydrogens (tertiary/aromatic N) is 1. The Hall–Kier alpha value is -0.640. The van der Waals surface area contributed by atoms with Gasteiger partial charge in [-0.25, -0.2) is 0 Å². The fraction of sp³-hybridized carbons (Fsp3) is 0.800. The summed E-state index contributed by atoms with van der Waals surface area (Å²) in [6.07, 6.45) is 5.29. The van der Waals surface area contributed by atoms with Crippen LogP contribution in [0.5, 0.6) is 0 Å². The molecule has 1 saturated heterocycles. The minimum Gasteiger partial charge on any atom is -0.392 e. The van der Waals surface area contributed by atoms with E-state index < -0.39 is 0 Å². The second-order valence-corrected chi connectivity index (χ2v) is 4.69. The Labute approximate surface area is 89.6 Å². The zero-order chi connectivity index (χ0) is 10.1. The number of hydrogen-bond donors (Lipinski definition) is 1. The van der Waals surface area contributed by atoms with Crippen molar-refractivity contribution in [1.82, 2.24) is 4.90 Å². The molecule has 78 valence electrons. The summed E-state index contributed by atoms with van der Waals surface area (Å²) in [5, 5.41) is 0. The number of likely N-dealkylation sites (tertiary alicyclic amines) is 1. The van der Waals surface area contributed by atoms with Crippen LogP contribution in [0.4, 0.5) is 0 Å². The number of carbonyl (C=O) groups is 1.